The van der Waals surface area contributed by atoms with Crippen LogP contribution in [0.2, 0.25) is 0 Å². The standard InChI is InChI=1S/C52H79NO14/c1-30-14-11-10-12-15-31(2)42(62-7)28-37-19-17-35(6)52(61,67-37)49(58)50(59)53-21-13-16-38-39(26-36-18-20-41(65-23-22-54)44(27-36)63-8)43(66-51(60)45(38)53)29-40(55)32(3)25-34(5)47(57)48(64-9)46(56)33(4)24-30/h10-12,14-15,25,30,33-39,41-45,47-48,54,57,61H,13,16-24,26-29H2,1-9H3/t30-,33-,34?,35-,36+,37+,38?,39+,41-,42+,43+,44-,45+,47-,48+,52-/m1/s1. The molecule has 0 aromatic carbocycles. The van der Waals surface area contributed by atoms with E-state index in [0.29, 0.717) is 63.4 Å². The van der Waals surface area contributed by atoms with Crippen LogP contribution < -0.4 is 0 Å². The molecule has 1 saturated carbocycles. The molecule has 1 amide bonds. The second-order valence-corrected chi connectivity index (χ2v) is 20.1. The van der Waals surface area contributed by atoms with Gasteiger partial charge in [0.05, 0.1) is 43.7 Å². The Bertz CT molecular complexity index is 1840. The highest BCUT2D eigenvalue weighted by molar-refractivity contribution is 6.39. The molecule has 16 atom stereocenters. The smallest absolute Gasteiger partial charge is 0.329 e. The first-order chi connectivity index (χ1) is 31.9. The summed E-state index contributed by atoms with van der Waals surface area (Å²) in [6, 6.07) is -1.13. The summed E-state index contributed by atoms with van der Waals surface area (Å²) in [5.74, 6) is -8.42. The van der Waals surface area contributed by atoms with Crippen LogP contribution in [0.15, 0.2) is 47.6 Å². The van der Waals surface area contributed by atoms with Crippen molar-refractivity contribution in [1.82, 2.24) is 4.90 Å². The van der Waals surface area contributed by atoms with E-state index in [1.54, 1.807) is 41.1 Å². The van der Waals surface area contributed by atoms with Gasteiger partial charge in [0.15, 0.2) is 11.6 Å². The molecule has 0 spiro atoms. The predicted molar refractivity (Wildman–Crippen MR) is 249 cm³/mol. The molecule has 15 heteroatoms. The largest absolute Gasteiger partial charge is 0.460 e. The minimum Gasteiger partial charge on any atom is -0.460 e. The van der Waals surface area contributed by atoms with Crippen LogP contribution in [-0.4, -0.2) is 145 Å². The summed E-state index contributed by atoms with van der Waals surface area (Å²) in [6.07, 6.45) is 11.7. The minimum atomic E-state index is -2.44. The number of hydrogen-bond donors (Lipinski definition) is 3. The number of carbonyl (C=O) groups is 5. The van der Waals surface area contributed by atoms with Gasteiger partial charge in [0.1, 0.15) is 18.2 Å². The molecule has 6 bridgehead atoms. The quantitative estimate of drug-likeness (QED) is 0.206. The number of methoxy groups -OCH3 is 3. The maximum atomic E-state index is 14.5. The van der Waals surface area contributed by atoms with Crippen molar-refractivity contribution < 1.29 is 67.7 Å². The number of amides is 1. The highest BCUT2D eigenvalue weighted by Crippen LogP contribution is 2.45. The zero-order chi connectivity index (χ0) is 49.2. The third-order valence-electron chi connectivity index (χ3n) is 15.3. The van der Waals surface area contributed by atoms with Gasteiger partial charge in [0, 0.05) is 64.4 Å². The van der Waals surface area contributed by atoms with Crippen LogP contribution in [-0.2, 0) is 52.4 Å². The topological polar surface area (TPSA) is 205 Å². The number of nitrogens with zero attached hydrogens (tertiary/aromatic N) is 1. The first-order valence-corrected chi connectivity index (χ1v) is 24.6. The summed E-state index contributed by atoms with van der Waals surface area (Å²) in [5.41, 5.74) is 1.21. The molecular formula is C52H79NO14. The molecule has 3 N–H and O–H groups in total. The lowest BCUT2D eigenvalue weighted by molar-refractivity contribution is -0.266. The van der Waals surface area contributed by atoms with Crippen molar-refractivity contribution in [1.29, 1.82) is 0 Å². The molecular weight excluding hydrogens is 863 g/mol. The molecule has 15 nitrogen and oxygen atoms in total. The lowest BCUT2D eigenvalue weighted by Crippen LogP contribution is -2.65. The number of aliphatic hydroxyl groups is 3. The van der Waals surface area contributed by atoms with Gasteiger partial charge in [-0.3, -0.25) is 19.2 Å². The van der Waals surface area contributed by atoms with Crippen LogP contribution in [0.4, 0.5) is 0 Å². The normalized spacial score (nSPS) is 39.3. The molecule has 3 saturated heterocycles. The van der Waals surface area contributed by atoms with Crippen molar-refractivity contribution in [3.05, 3.63) is 47.6 Å². The number of piperidine rings is 1. The van der Waals surface area contributed by atoms with Crippen molar-refractivity contribution in [2.45, 2.75) is 167 Å². The second-order valence-electron chi connectivity index (χ2n) is 20.1. The summed E-state index contributed by atoms with van der Waals surface area (Å²) in [5, 5.41) is 33.0. The zero-order valence-corrected chi connectivity index (χ0v) is 41.3. The van der Waals surface area contributed by atoms with E-state index in [4.69, 9.17) is 28.4 Å². The van der Waals surface area contributed by atoms with Crippen molar-refractivity contribution in [3.63, 3.8) is 0 Å². The number of fused-ring (bicyclic) bond motifs is 3. The summed E-state index contributed by atoms with van der Waals surface area (Å²) < 4.78 is 35.7. The average Bonchev–Trinajstić information content (AvgIpc) is 3.31. The molecule has 4 heterocycles. The highest BCUT2D eigenvalue weighted by Gasteiger charge is 2.57. The molecule has 5 aliphatic rings. The number of allylic oxidation sites excluding steroid dienone is 6. The Morgan fingerprint density at radius 1 is 0.866 bits per heavy atom. The predicted octanol–water partition coefficient (Wildman–Crippen LogP) is 5.42. The molecule has 2 unspecified atom stereocenters. The van der Waals surface area contributed by atoms with E-state index >= 15 is 0 Å². The van der Waals surface area contributed by atoms with E-state index in [2.05, 4.69) is 0 Å². The van der Waals surface area contributed by atoms with Crippen molar-refractivity contribution in [2.75, 3.05) is 41.1 Å². The summed E-state index contributed by atoms with van der Waals surface area (Å²) in [7, 11) is 4.59. The fraction of sp³-hybridized carbons (Fsp3) is 0.750. The second kappa shape index (κ2) is 24.9. The summed E-state index contributed by atoms with van der Waals surface area (Å²) in [6.45, 7) is 11.0. The Balaban J connectivity index is 1.51. The van der Waals surface area contributed by atoms with Gasteiger partial charge < -0.3 is 48.6 Å². The Morgan fingerprint density at radius 2 is 1.61 bits per heavy atom. The van der Waals surface area contributed by atoms with E-state index < -0.39 is 89.6 Å². The van der Waals surface area contributed by atoms with E-state index in [-0.39, 0.29) is 61.8 Å². The number of Topliss-reactive ketones (excluding diaryl/α,β-unsaturated/α-hetero) is 3. The third-order valence-corrected chi connectivity index (χ3v) is 15.3. The monoisotopic (exact) mass is 942 g/mol. The number of aliphatic hydroxyl groups excluding tert-OH is 2. The minimum absolute atomic E-state index is 0.0223. The van der Waals surface area contributed by atoms with Crippen LogP contribution >= 0.6 is 0 Å². The van der Waals surface area contributed by atoms with Crippen molar-refractivity contribution >= 4 is 29.2 Å². The number of esters is 1. The molecule has 376 valence electrons. The molecule has 4 fully saturated rings. The van der Waals surface area contributed by atoms with Crippen LogP contribution in [0.3, 0.4) is 0 Å². The van der Waals surface area contributed by atoms with Gasteiger partial charge in [-0.2, -0.15) is 0 Å². The number of ketones is 3. The van der Waals surface area contributed by atoms with E-state index in [1.165, 1.54) is 12.0 Å². The van der Waals surface area contributed by atoms with Crippen molar-refractivity contribution in [2.24, 2.45) is 41.4 Å². The van der Waals surface area contributed by atoms with Gasteiger partial charge in [0.25, 0.3) is 11.7 Å². The number of ether oxygens (including phenoxy) is 6. The lowest BCUT2D eigenvalue weighted by Gasteiger charge is -2.50. The van der Waals surface area contributed by atoms with Crippen LogP contribution in [0, 0.1) is 41.4 Å². The average molecular weight is 942 g/mol. The molecule has 5 rings (SSSR count). The van der Waals surface area contributed by atoms with Gasteiger partial charge in [-0.25, -0.2) is 4.79 Å². The van der Waals surface area contributed by atoms with Gasteiger partial charge in [-0.05, 0) is 101 Å². The van der Waals surface area contributed by atoms with Gasteiger partial charge in [-0.15, -0.1) is 0 Å². The Kier molecular flexibility index (Phi) is 20.3. The first kappa shape index (κ1) is 54.5. The zero-order valence-electron chi connectivity index (χ0n) is 41.3. The molecule has 67 heavy (non-hydrogen) atoms. The lowest BCUT2D eigenvalue weighted by atomic mass is 9.68. The van der Waals surface area contributed by atoms with Crippen LogP contribution in [0.25, 0.3) is 0 Å². The molecule has 1 aliphatic carbocycles. The first-order valence-electron chi connectivity index (χ1n) is 24.6. The van der Waals surface area contributed by atoms with E-state index in [1.807, 2.05) is 51.2 Å². The van der Waals surface area contributed by atoms with Gasteiger partial charge >= 0.3 is 5.97 Å². The fourth-order valence-corrected chi connectivity index (χ4v) is 11.3. The number of rotatable bonds is 8. The third kappa shape index (κ3) is 13.3. The number of carbonyl (C=O) groups excluding carboxylic acids is 5. The van der Waals surface area contributed by atoms with Gasteiger partial charge in [-0.1, -0.05) is 64.2 Å². The Hall–Kier alpha value is -3.41. The van der Waals surface area contributed by atoms with E-state index in [9.17, 15) is 39.3 Å². The summed E-state index contributed by atoms with van der Waals surface area (Å²) >= 11 is 0. The maximum absolute atomic E-state index is 14.5. The number of hydrogen-bond acceptors (Lipinski definition) is 14. The summed E-state index contributed by atoms with van der Waals surface area (Å²) in [4.78, 5) is 72.4. The van der Waals surface area contributed by atoms with Crippen molar-refractivity contribution in [3.8, 4) is 0 Å². The molecule has 0 aromatic heterocycles. The molecule has 4 aliphatic heterocycles. The Labute approximate surface area is 397 Å². The fourth-order valence-electron chi connectivity index (χ4n) is 11.3. The maximum Gasteiger partial charge on any atom is 0.329 e. The van der Waals surface area contributed by atoms with Gasteiger partial charge in [0.2, 0.25) is 5.79 Å². The molecule has 0 aromatic rings. The molecule has 0 radical (unpaired) electrons. The van der Waals surface area contributed by atoms with Crippen LogP contribution in [0.1, 0.15) is 112 Å². The van der Waals surface area contributed by atoms with Crippen LogP contribution in [0.5, 0.6) is 0 Å². The Morgan fingerprint density at radius 3 is 2.30 bits per heavy atom. The van der Waals surface area contributed by atoms with E-state index in [0.717, 1.165) is 12.0 Å². The highest BCUT2D eigenvalue weighted by atomic mass is 16.6. The SMILES string of the molecule is CO[C@H]1C[C@@H]2CC[C@@H](C)[C@@](O)(O2)C(=O)C(=O)N2CCCC3[C@H]2C(=O)O[C@@H](CC(=O)C(C)=CC(C)[C@@H](O)[C@@H](OC)C(=O)[C@H](C)C[C@H](C)C=CC=CC=C1C)[C@H]3C[C@@H]1CC[C@@H](OCCO)[C@H](OC)C1.